The Morgan fingerprint density at radius 1 is 1.27 bits per heavy atom. The van der Waals surface area contributed by atoms with Gasteiger partial charge in [-0.2, -0.15) is 0 Å². The quantitative estimate of drug-likeness (QED) is 0.610. The molecule has 7 nitrogen and oxygen atoms in total. The summed E-state index contributed by atoms with van der Waals surface area (Å²) in [5.41, 5.74) is -1.33. The van der Waals surface area contributed by atoms with Crippen molar-refractivity contribution >= 4 is 17.6 Å². The van der Waals surface area contributed by atoms with E-state index in [0.29, 0.717) is 30.2 Å². The molecule has 2 atom stereocenters. The summed E-state index contributed by atoms with van der Waals surface area (Å²) < 4.78 is 41.4. The minimum absolute atomic E-state index is 0.120. The molecule has 3 N–H and O–H groups in total. The molecule has 33 heavy (non-hydrogen) atoms. The zero-order valence-electron chi connectivity index (χ0n) is 18.5. The number of carbonyl (C=O) groups is 2. The molecule has 2 aliphatic rings. The van der Waals surface area contributed by atoms with Gasteiger partial charge in [0.1, 0.15) is 23.5 Å². The molecule has 10 heteroatoms. The normalized spacial score (nSPS) is 18.4. The highest BCUT2D eigenvalue weighted by atomic mass is 19.1. The number of carbonyl (C=O) groups excluding carboxylic acids is 2. The van der Waals surface area contributed by atoms with E-state index in [9.17, 15) is 27.9 Å². The van der Waals surface area contributed by atoms with Gasteiger partial charge < -0.3 is 20.6 Å². The van der Waals surface area contributed by atoms with Crippen LogP contribution >= 0.6 is 0 Å². The lowest BCUT2D eigenvalue weighted by Crippen LogP contribution is -2.59. The van der Waals surface area contributed by atoms with Gasteiger partial charge in [-0.25, -0.2) is 18.0 Å². The van der Waals surface area contributed by atoms with Crippen LogP contribution in [0.25, 0.3) is 0 Å². The van der Waals surface area contributed by atoms with E-state index in [1.165, 1.54) is 43.9 Å². The molecule has 1 saturated carbocycles. The van der Waals surface area contributed by atoms with E-state index in [0.717, 1.165) is 6.20 Å². The van der Waals surface area contributed by atoms with Gasteiger partial charge in [0.2, 0.25) is 5.91 Å². The van der Waals surface area contributed by atoms with E-state index in [2.05, 4.69) is 15.6 Å². The van der Waals surface area contributed by atoms with Crippen molar-refractivity contribution in [1.29, 1.82) is 0 Å². The van der Waals surface area contributed by atoms with Crippen LogP contribution in [0.15, 0.2) is 30.5 Å². The van der Waals surface area contributed by atoms with Crippen molar-refractivity contribution in [3.8, 4) is 0 Å². The molecule has 1 aromatic carbocycles. The van der Waals surface area contributed by atoms with Crippen molar-refractivity contribution < 1.29 is 27.9 Å². The van der Waals surface area contributed by atoms with Gasteiger partial charge in [0.05, 0.1) is 29.1 Å². The maximum atomic E-state index is 14.2. The molecule has 1 aliphatic carbocycles. The molecule has 2 heterocycles. The number of hydrogen-bond donors (Lipinski definition) is 3. The monoisotopic (exact) mass is 462 g/mol. The Morgan fingerprint density at radius 2 is 1.97 bits per heavy atom. The first kappa shape index (κ1) is 23.0. The number of rotatable bonds is 6. The summed E-state index contributed by atoms with van der Waals surface area (Å²) in [7, 11) is 0. The first-order valence-electron chi connectivity index (χ1n) is 10.7. The Labute approximate surface area is 189 Å². The average molecular weight is 462 g/mol. The van der Waals surface area contributed by atoms with Crippen molar-refractivity contribution in [2.45, 2.75) is 63.3 Å². The summed E-state index contributed by atoms with van der Waals surface area (Å²) in [6, 6.07) is 2.12. The molecule has 1 aliphatic heterocycles. The lowest BCUT2D eigenvalue weighted by molar-refractivity contribution is -0.129. The zero-order chi connectivity index (χ0) is 24.1. The van der Waals surface area contributed by atoms with E-state index in [-0.39, 0.29) is 12.1 Å². The number of aromatic nitrogens is 1. The number of urea groups is 1. The second-order valence-corrected chi connectivity index (χ2v) is 9.30. The number of halogens is 3. The second-order valence-electron chi connectivity index (χ2n) is 9.30. The summed E-state index contributed by atoms with van der Waals surface area (Å²) in [5, 5.41) is 15.8. The van der Waals surface area contributed by atoms with Gasteiger partial charge in [0.25, 0.3) is 0 Å². The zero-order valence-corrected chi connectivity index (χ0v) is 18.5. The van der Waals surface area contributed by atoms with Crippen molar-refractivity contribution in [1.82, 2.24) is 15.2 Å². The van der Waals surface area contributed by atoms with Crippen molar-refractivity contribution in [3.63, 3.8) is 0 Å². The molecule has 1 spiro atoms. The molecule has 1 aromatic heterocycles. The number of fused-ring (bicyclic) bond motifs is 2. The van der Waals surface area contributed by atoms with Crippen LogP contribution in [-0.2, 0) is 10.3 Å². The molecule has 3 amide bonds. The third-order valence-electron chi connectivity index (χ3n) is 6.04. The topological polar surface area (TPSA) is 94.6 Å². The average Bonchev–Trinajstić information content (AvgIpc) is 3.48. The van der Waals surface area contributed by atoms with Gasteiger partial charge in [0, 0.05) is 23.7 Å². The number of hydrogen-bond acceptors (Lipinski definition) is 4. The first-order valence-corrected chi connectivity index (χ1v) is 10.7. The van der Waals surface area contributed by atoms with Gasteiger partial charge >= 0.3 is 6.03 Å². The fourth-order valence-electron chi connectivity index (χ4n) is 4.47. The Hall–Kier alpha value is -3.14. The van der Waals surface area contributed by atoms with Crippen molar-refractivity contribution in [3.05, 3.63) is 59.2 Å². The predicted molar refractivity (Wildman–Crippen MR) is 114 cm³/mol. The van der Waals surface area contributed by atoms with Gasteiger partial charge in [0.15, 0.2) is 0 Å². The van der Waals surface area contributed by atoms with Crippen molar-refractivity contribution in [2.75, 3.05) is 5.32 Å². The second kappa shape index (κ2) is 8.02. The van der Waals surface area contributed by atoms with Gasteiger partial charge in [-0.3, -0.25) is 9.78 Å². The predicted octanol–water partition coefficient (Wildman–Crippen LogP) is 3.74. The van der Waals surface area contributed by atoms with Crippen LogP contribution < -0.4 is 10.6 Å². The lowest BCUT2D eigenvalue weighted by atomic mass is 9.91. The fraction of sp³-hybridized carbons (Fsp3) is 0.435. The lowest BCUT2D eigenvalue weighted by Gasteiger charge is -2.43. The van der Waals surface area contributed by atoms with Crippen LogP contribution in [0.1, 0.15) is 57.3 Å². The van der Waals surface area contributed by atoms with Crippen LogP contribution in [0, 0.1) is 17.5 Å². The molecule has 0 bridgehead atoms. The highest BCUT2D eigenvalue weighted by Gasteiger charge is 2.59. The number of anilines is 1. The number of pyridine rings is 1. The molecular weight excluding hydrogens is 437 g/mol. The highest BCUT2D eigenvalue weighted by Crippen LogP contribution is 2.56. The van der Waals surface area contributed by atoms with E-state index in [1.807, 2.05) is 0 Å². The largest absolute Gasteiger partial charge is 0.390 e. The van der Waals surface area contributed by atoms with Gasteiger partial charge in [-0.1, -0.05) is 0 Å². The molecule has 1 fully saturated rings. The Balaban J connectivity index is 1.67. The minimum Gasteiger partial charge on any atom is -0.390 e. The van der Waals surface area contributed by atoms with E-state index >= 15 is 0 Å². The Kier molecular flexibility index (Phi) is 5.60. The SMILES string of the molecule is C[C@@H](NC(=O)[C@@H](CC(C)(C)O)N1C(=O)Nc2ccc(F)cc2C12CC2)c1ncc(F)cc1F. The molecule has 0 unspecified atom stereocenters. The van der Waals surface area contributed by atoms with Crippen LogP contribution in [0.2, 0.25) is 0 Å². The third-order valence-corrected chi connectivity index (χ3v) is 6.04. The number of amides is 3. The maximum Gasteiger partial charge on any atom is 0.323 e. The smallest absolute Gasteiger partial charge is 0.323 e. The standard InChI is InChI=1S/C23H25F3N4O3/c1-12(19-16(26)9-14(25)11-27-19)28-20(31)18(10-22(2,3)33)30-21(32)29-17-5-4-13(24)8-15(17)23(30)6-7-23/h4-5,8-9,11-12,18,33H,6-7,10H2,1-3H3,(H,28,31)(H,29,32)/t12-,18-/m1/s1. The van der Waals surface area contributed by atoms with Gasteiger partial charge in [-0.15, -0.1) is 0 Å². The maximum absolute atomic E-state index is 14.2. The van der Waals surface area contributed by atoms with Crippen LogP contribution in [0.4, 0.5) is 23.7 Å². The van der Waals surface area contributed by atoms with Crippen LogP contribution in [0.3, 0.4) is 0 Å². The fourth-order valence-corrected chi connectivity index (χ4v) is 4.47. The number of benzene rings is 1. The molecule has 4 rings (SSSR count). The summed E-state index contributed by atoms with van der Waals surface area (Å²) in [4.78, 5) is 31.6. The number of aliphatic hydroxyl groups is 1. The molecule has 0 radical (unpaired) electrons. The number of nitrogens with zero attached hydrogens (tertiary/aromatic N) is 2. The summed E-state index contributed by atoms with van der Waals surface area (Å²) in [5.74, 6) is -2.87. The molecular formula is C23H25F3N4O3. The van der Waals surface area contributed by atoms with E-state index in [1.54, 1.807) is 0 Å². The van der Waals surface area contributed by atoms with E-state index in [4.69, 9.17) is 0 Å². The third kappa shape index (κ3) is 4.39. The number of nitrogens with one attached hydrogen (secondary N) is 2. The van der Waals surface area contributed by atoms with Gasteiger partial charge in [-0.05, 0) is 51.8 Å². The summed E-state index contributed by atoms with van der Waals surface area (Å²) in [6.07, 6.45) is 1.77. The Bertz CT molecular complexity index is 1110. The molecule has 176 valence electrons. The van der Waals surface area contributed by atoms with E-state index < -0.39 is 52.6 Å². The highest BCUT2D eigenvalue weighted by molar-refractivity contribution is 5.98. The summed E-state index contributed by atoms with van der Waals surface area (Å²) in [6.45, 7) is 4.50. The van der Waals surface area contributed by atoms with Crippen molar-refractivity contribution in [2.24, 2.45) is 0 Å². The van der Waals surface area contributed by atoms with Crippen LogP contribution in [-0.4, -0.2) is 38.6 Å². The summed E-state index contributed by atoms with van der Waals surface area (Å²) >= 11 is 0. The minimum atomic E-state index is -1.33. The Morgan fingerprint density at radius 3 is 2.58 bits per heavy atom. The molecule has 0 saturated heterocycles. The van der Waals surface area contributed by atoms with Crippen LogP contribution in [0.5, 0.6) is 0 Å². The molecule has 2 aromatic rings. The first-order chi connectivity index (χ1) is 15.4.